The maximum absolute atomic E-state index is 11.9. The Hall–Kier alpha value is -1.20. The molecule has 92 valence electrons. The van der Waals surface area contributed by atoms with E-state index in [9.17, 15) is 4.79 Å². The summed E-state index contributed by atoms with van der Waals surface area (Å²) in [6.07, 6.45) is 4.21. The lowest BCUT2D eigenvalue weighted by molar-refractivity contribution is 0.107. The second-order valence-corrected chi connectivity index (χ2v) is 4.68. The molecule has 3 rings (SSSR count). The van der Waals surface area contributed by atoms with Crippen LogP contribution in [0.1, 0.15) is 42.4 Å². The predicted octanol–water partition coefficient (Wildman–Crippen LogP) is 0.657. The van der Waals surface area contributed by atoms with Crippen LogP contribution in [0.25, 0.3) is 0 Å². The van der Waals surface area contributed by atoms with E-state index in [0.717, 1.165) is 30.9 Å². The molecule has 1 unspecified atom stereocenters. The van der Waals surface area contributed by atoms with E-state index < -0.39 is 0 Å². The van der Waals surface area contributed by atoms with E-state index in [1.807, 2.05) is 0 Å². The molecule has 0 saturated carbocycles. The summed E-state index contributed by atoms with van der Waals surface area (Å²) in [5.74, 6) is 0.801. The number of fused-ring (bicyclic) bond motifs is 1. The van der Waals surface area contributed by atoms with Crippen molar-refractivity contribution in [3.8, 4) is 0 Å². The van der Waals surface area contributed by atoms with Crippen LogP contribution in [0.3, 0.4) is 0 Å². The Bertz CT molecular complexity index is 463. The van der Waals surface area contributed by atoms with Crippen molar-refractivity contribution in [3.63, 3.8) is 0 Å². The Balaban J connectivity index is 1.95. The molecular formula is C12H17N3O2. The van der Waals surface area contributed by atoms with Gasteiger partial charge in [0.2, 0.25) is 0 Å². The van der Waals surface area contributed by atoms with Crippen molar-refractivity contribution in [2.24, 2.45) is 0 Å². The molecule has 5 heteroatoms. The SMILES string of the molecule is O=c1[nH]c(C2CCCCN2)nc2c1COCC2. The highest BCUT2D eigenvalue weighted by Gasteiger charge is 2.21. The van der Waals surface area contributed by atoms with Gasteiger partial charge in [-0.25, -0.2) is 4.98 Å². The van der Waals surface area contributed by atoms with Crippen LogP contribution in [-0.4, -0.2) is 23.1 Å². The normalized spacial score (nSPS) is 24.4. The lowest BCUT2D eigenvalue weighted by Crippen LogP contribution is -2.32. The topological polar surface area (TPSA) is 67.0 Å². The van der Waals surface area contributed by atoms with E-state index in [-0.39, 0.29) is 11.6 Å². The highest BCUT2D eigenvalue weighted by atomic mass is 16.5. The molecule has 5 nitrogen and oxygen atoms in total. The number of piperidine rings is 1. The Morgan fingerprint density at radius 3 is 3.12 bits per heavy atom. The van der Waals surface area contributed by atoms with Crippen molar-refractivity contribution in [2.45, 2.75) is 38.3 Å². The number of H-pyrrole nitrogens is 1. The van der Waals surface area contributed by atoms with Gasteiger partial charge in [-0.2, -0.15) is 0 Å². The van der Waals surface area contributed by atoms with Gasteiger partial charge < -0.3 is 15.0 Å². The summed E-state index contributed by atoms with van der Waals surface area (Å²) in [6, 6.07) is 0.213. The zero-order valence-electron chi connectivity index (χ0n) is 9.79. The van der Waals surface area contributed by atoms with Gasteiger partial charge in [-0.05, 0) is 19.4 Å². The lowest BCUT2D eigenvalue weighted by Gasteiger charge is -2.24. The quantitative estimate of drug-likeness (QED) is 0.750. The molecule has 0 aromatic carbocycles. The lowest BCUT2D eigenvalue weighted by atomic mass is 10.0. The van der Waals surface area contributed by atoms with E-state index >= 15 is 0 Å². The van der Waals surface area contributed by atoms with Crippen LogP contribution in [0.5, 0.6) is 0 Å². The van der Waals surface area contributed by atoms with E-state index in [1.54, 1.807) is 0 Å². The molecule has 3 heterocycles. The molecule has 0 bridgehead atoms. The van der Waals surface area contributed by atoms with Crippen molar-refractivity contribution < 1.29 is 4.74 Å². The number of hydrogen-bond donors (Lipinski definition) is 2. The van der Waals surface area contributed by atoms with Gasteiger partial charge in [0.15, 0.2) is 0 Å². The third-order valence-electron chi connectivity index (χ3n) is 3.49. The minimum atomic E-state index is -0.0305. The molecule has 2 N–H and O–H groups in total. The van der Waals surface area contributed by atoms with Crippen LogP contribution < -0.4 is 10.9 Å². The molecule has 1 atom stereocenters. The van der Waals surface area contributed by atoms with Crippen molar-refractivity contribution >= 4 is 0 Å². The number of aromatic amines is 1. The first-order valence-corrected chi connectivity index (χ1v) is 6.27. The minimum Gasteiger partial charge on any atom is -0.376 e. The minimum absolute atomic E-state index is 0.0305. The number of hydrogen-bond acceptors (Lipinski definition) is 4. The fraction of sp³-hybridized carbons (Fsp3) is 0.667. The third kappa shape index (κ3) is 2.12. The molecule has 17 heavy (non-hydrogen) atoms. The molecule has 1 aromatic rings. The van der Waals surface area contributed by atoms with Crippen molar-refractivity contribution in [2.75, 3.05) is 13.2 Å². The third-order valence-corrected chi connectivity index (χ3v) is 3.49. The van der Waals surface area contributed by atoms with Crippen LogP contribution >= 0.6 is 0 Å². The summed E-state index contributed by atoms with van der Waals surface area (Å²) >= 11 is 0. The van der Waals surface area contributed by atoms with Crippen molar-refractivity contribution in [1.29, 1.82) is 0 Å². The van der Waals surface area contributed by atoms with E-state index in [1.165, 1.54) is 12.8 Å². The summed E-state index contributed by atoms with van der Waals surface area (Å²) in [5, 5.41) is 3.41. The fourth-order valence-electron chi connectivity index (χ4n) is 2.51. The second-order valence-electron chi connectivity index (χ2n) is 4.68. The van der Waals surface area contributed by atoms with E-state index in [2.05, 4.69) is 15.3 Å². The van der Waals surface area contributed by atoms with E-state index in [0.29, 0.717) is 18.8 Å². The molecule has 0 radical (unpaired) electrons. The summed E-state index contributed by atoms with van der Waals surface area (Å²) in [6.45, 7) is 2.08. The molecule has 1 saturated heterocycles. The number of nitrogens with zero attached hydrogens (tertiary/aromatic N) is 1. The summed E-state index contributed by atoms with van der Waals surface area (Å²) in [4.78, 5) is 19.4. The van der Waals surface area contributed by atoms with Gasteiger partial charge in [-0.1, -0.05) is 6.42 Å². The first-order valence-electron chi connectivity index (χ1n) is 6.27. The number of rotatable bonds is 1. The summed E-state index contributed by atoms with van der Waals surface area (Å²) < 4.78 is 5.29. The molecule has 0 aliphatic carbocycles. The molecule has 2 aliphatic rings. The summed E-state index contributed by atoms with van der Waals surface area (Å²) in [5.41, 5.74) is 1.59. The van der Waals surface area contributed by atoms with Gasteiger partial charge in [0.05, 0.1) is 30.5 Å². The van der Waals surface area contributed by atoms with E-state index in [4.69, 9.17) is 4.74 Å². The Kier molecular flexibility index (Phi) is 2.94. The average Bonchev–Trinajstić information content (AvgIpc) is 2.40. The van der Waals surface area contributed by atoms with Crippen LogP contribution in [0.15, 0.2) is 4.79 Å². The monoisotopic (exact) mass is 235 g/mol. The van der Waals surface area contributed by atoms with Gasteiger partial charge in [0.25, 0.3) is 5.56 Å². The molecule has 0 amide bonds. The van der Waals surface area contributed by atoms with Crippen LogP contribution in [0, 0.1) is 0 Å². The Morgan fingerprint density at radius 1 is 1.35 bits per heavy atom. The molecule has 2 aliphatic heterocycles. The largest absolute Gasteiger partial charge is 0.376 e. The molecule has 0 spiro atoms. The molecule has 1 fully saturated rings. The zero-order chi connectivity index (χ0) is 11.7. The van der Waals surface area contributed by atoms with Crippen LogP contribution in [0.2, 0.25) is 0 Å². The van der Waals surface area contributed by atoms with Crippen LogP contribution in [-0.2, 0) is 17.8 Å². The number of aromatic nitrogens is 2. The number of ether oxygens (including phenoxy) is 1. The highest BCUT2D eigenvalue weighted by Crippen LogP contribution is 2.20. The van der Waals surface area contributed by atoms with Gasteiger partial charge in [0.1, 0.15) is 5.82 Å². The van der Waals surface area contributed by atoms with Gasteiger partial charge >= 0.3 is 0 Å². The van der Waals surface area contributed by atoms with Gasteiger partial charge in [0, 0.05) is 6.42 Å². The van der Waals surface area contributed by atoms with Gasteiger partial charge in [-0.15, -0.1) is 0 Å². The standard InChI is InChI=1S/C12H17N3O2/c16-12-8-7-17-6-4-9(8)14-11(15-12)10-3-1-2-5-13-10/h10,13H,1-7H2,(H,14,15,16). The smallest absolute Gasteiger partial charge is 0.256 e. The summed E-state index contributed by atoms with van der Waals surface area (Å²) in [7, 11) is 0. The van der Waals surface area contributed by atoms with Crippen molar-refractivity contribution in [1.82, 2.24) is 15.3 Å². The first-order chi connectivity index (χ1) is 8.34. The predicted molar refractivity (Wildman–Crippen MR) is 62.8 cm³/mol. The first kappa shape index (κ1) is 10.9. The maximum Gasteiger partial charge on any atom is 0.256 e. The Morgan fingerprint density at radius 2 is 2.29 bits per heavy atom. The second kappa shape index (κ2) is 4.58. The maximum atomic E-state index is 11.9. The fourth-order valence-corrected chi connectivity index (χ4v) is 2.51. The van der Waals surface area contributed by atoms with Crippen LogP contribution in [0.4, 0.5) is 0 Å². The average molecular weight is 235 g/mol. The number of nitrogens with one attached hydrogen (secondary N) is 2. The highest BCUT2D eigenvalue weighted by molar-refractivity contribution is 5.20. The zero-order valence-corrected chi connectivity index (χ0v) is 9.79. The van der Waals surface area contributed by atoms with Gasteiger partial charge in [-0.3, -0.25) is 4.79 Å². The molecule has 1 aromatic heterocycles. The Labute approximate surface area is 99.6 Å². The molecular weight excluding hydrogens is 218 g/mol. The van der Waals surface area contributed by atoms with Crippen molar-refractivity contribution in [3.05, 3.63) is 27.4 Å².